The van der Waals surface area contributed by atoms with E-state index in [0.29, 0.717) is 5.75 Å². The molecule has 0 saturated heterocycles. The quantitative estimate of drug-likeness (QED) is 0.807. The van der Waals surface area contributed by atoms with Crippen LogP contribution in [0.15, 0.2) is 41.1 Å². The topological polar surface area (TPSA) is 32.3 Å². The second kappa shape index (κ2) is 4.15. The molecule has 0 amide bonds. The third-order valence-electron chi connectivity index (χ3n) is 1.93. The lowest BCUT2D eigenvalue weighted by Crippen LogP contribution is -1.97. The molecule has 0 spiro atoms. The van der Waals surface area contributed by atoms with Gasteiger partial charge in [0.2, 0.25) is 0 Å². The van der Waals surface area contributed by atoms with E-state index in [1.54, 1.807) is 23.5 Å². The summed E-state index contributed by atoms with van der Waals surface area (Å²) in [6.07, 6.45) is 0. The van der Waals surface area contributed by atoms with E-state index >= 15 is 0 Å². The van der Waals surface area contributed by atoms with Gasteiger partial charge in [-0.05, 0) is 29.1 Å². The van der Waals surface area contributed by atoms with Crippen molar-refractivity contribution >= 4 is 17.0 Å². The van der Waals surface area contributed by atoms with E-state index < -0.39 is 0 Å². The molecule has 0 radical (unpaired) electrons. The largest absolute Gasteiger partial charge is 0.508 e. The average Bonchev–Trinajstić information content (AvgIpc) is 2.67. The van der Waals surface area contributed by atoms with Gasteiger partial charge in [-0.25, -0.2) is 0 Å². The summed E-state index contributed by atoms with van der Waals surface area (Å²) in [7, 11) is 0. The maximum atomic E-state index is 9.24. The Morgan fingerprint density at radius 3 is 2.93 bits per heavy atom. The van der Waals surface area contributed by atoms with Gasteiger partial charge in [-0.2, -0.15) is 11.3 Å². The molecule has 14 heavy (non-hydrogen) atoms. The van der Waals surface area contributed by atoms with Gasteiger partial charge in [0.15, 0.2) is 0 Å². The first-order valence-electron chi connectivity index (χ1n) is 4.38. The third-order valence-corrected chi connectivity index (χ3v) is 2.61. The Balaban J connectivity index is 1.98. The van der Waals surface area contributed by atoms with Crippen LogP contribution in [0, 0.1) is 0 Å². The van der Waals surface area contributed by atoms with Crippen LogP contribution in [-0.2, 0) is 6.54 Å². The molecule has 1 aromatic carbocycles. The predicted octanol–water partition coefficient (Wildman–Crippen LogP) is 3.07. The number of rotatable bonds is 3. The number of aromatic hydroxyl groups is 1. The molecule has 0 aliphatic rings. The fraction of sp³-hybridized carbons (Fsp3) is 0.0909. The van der Waals surface area contributed by atoms with Gasteiger partial charge in [-0.15, -0.1) is 0 Å². The SMILES string of the molecule is Oc1cccc(CNc2ccsc2)c1. The molecule has 1 aromatic heterocycles. The van der Waals surface area contributed by atoms with Gasteiger partial charge >= 0.3 is 0 Å². The zero-order chi connectivity index (χ0) is 9.80. The lowest BCUT2D eigenvalue weighted by Gasteiger charge is -2.03. The van der Waals surface area contributed by atoms with E-state index in [2.05, 4.69) is 10.7 Å². The van der Waals surface area contributed by atoms with Crippen molar-refractivity contribution in [3.8, 4) is 5.75 Å². The van der Waals surface area contributed by atoms with E-state index in [1.807, 2.05) is 23.6 Å². The molecule has 0 saturated carbocycles. The van der Waals surface area contributed by atoms with Gasteiger partial charge in [0.05, 0.1) is 0 Å². The van der Waals surface area contributed by atoms with Gasteiger partial charge < -0.3 is 10.4 Å². The molecule has 0 atom stereocenters. The second-order valence-corrected chi connectivity index (χ2v) is 3.82. The molecule has 1 heterocycles. The molecule has 2 aromatic rings. The van der Waals surface area contributed by atoms with Crippen LogP contribution in [0.1, 0.15) is 5.56 Å². The molecule has 0 unspecified atom stereocenters. The van der Waals surface area contributed by atoms with Crippen LogP contribution < -0.4 is 5.32 Å². The third kappa shape index (κ3) is 2.26. The monoisotopic (exact) mass is 205 g/mol. The normalized spacial score (nSPS) is 10.0. The van der Waals surface area contributed by atoms with Gasteiger partial charge in [0.1, 0.15) is 5.75 Å². The van der Waals surface area contributed by atoms with E-state index in [0.717, 1.165) is 17.8 Å². The molecule has 2 N–H and O–H groups in total. The molecule has 0 fully saturated rings. The number of phenolic OH excluding ortho intramolecular Hbond substituents is 1. The summed E-state index contributed by atoms with van der Waals surface area (Å²) in [5.41, 5.74) is 2.20. The van der Waals surface area contributed by atoms with E-state index in [-0.39, 0.29) is 0 Å². The number of hydrogen-bond acceptors (Lipinski definition) is 3. The van der Waals surface area contributed by atoms with Crippen molar-refractivity contribution in [2.75, 3.05) is 5.32 Å². The Morgan fingerprint density at radius 1 is 1.29 bits per heavy atom. The smallest absolute Gasteiger partial charge is 0.115 e. The molecule has 2 nitrogen and oxygen atoms in total. The average molecular weight is 205 g/mol. The highest BCUT2D eigenvalue weighted by molar-refractivity contribution is 7.08. The fourth-order valence-electron chi connectivity index (χ4n) is 1.24. The van der Waals surface area contributed by atoms with E-state index in [4.69, 9.17) is 0 Å². The summed E-state index contributed by atoms with van der Waals surface area (Å²) in [4.78, 5) is 0. The number of hydrogen-bond donors (Lipinski definition) is 2. The minimum atomic E-state index is 0.314. The zero-order valence-corrected chi connectivity index (χ0v) is 8.42. The molecule has 3 heteroatoms. The number of anilines is 1. The summed E-state index contributed by atoms with van der Waals surface area (Å²) < 4.78 is 0. The van der Waals surface area contributed by atoms with Crippen molar-refractivity contribution < 1.29 is 5.11 Å². The van der Waals surface area contributed by atoms with Gasteiger partial charge in [0, 0.05) is 17.6 Å². The van der Waals surface area contributed by atoms with Crippen LogP contribution in [0.2, 0.25) is 0 Å². The van der Waals surface area contributed by atoms with E-state index in [1.165, 1.54) is 0 Å². The van der Waals surface area contributed by atoms with Crippen LogP contribution >= 0.6 is 11.3 Å². The lowest BCUT2D eigenvalue weighted by molar-refractivity contribution is 0.474. The van der Waals surface area contributed by atoms with Crippen molar-refractivity contribution in [1.82, 2.24) is 0 Å². The maximum Gasteiger partial charge on any atom is 0.115 e. The first-order valence-corrected chi connectivity index (χ1v) is 5.33. The van der Waals surface area contributed by atoms with E-state index in [9.17, 15) is 5.11 Å². The Morgan fingerprint density at radius 2 is 2.21 bits per heavy atom. The summed E-state index contributed by atoms with van der Waals surface area (Å²) >= 11 is 1.67. The van der Waals surface area contributed by atoms with Crippen molar-refractivity contribution in [2.24, 2.45) is 0 Å². The van der Waals surface area contributed by atoms with Crippen molar-refractivity contribution in [1.29, 1.82) is 0 Å². The van der Waals surface area contributed by atoms with Gasteiger partial charge in [-0.3, -0.25) is 0 Å². The van der Waals surface area contributed by atoms with Crippen molar-refractivity contribution in [3.05, 3.63) is 46.7 Å². The minimum absolute atomic E-state index is 0.314. The molecule has 72 valence electrons. The number of nitrogens with one attached hydrogen (secondary N) is 1. The highest BCUT2D eigenvalue weighted by Crippen LogP contribution is 2.15. The van der Waals surface area contributed by atoms with Crippen LogP contribution in [0.25, 0.3) is 0 Å². The van der Waals surface area contributed by atoms with Gasteiger partial charge in [-0.1, -0.05) is 12.1 Å². The van der Waals surface area contributed by atoms with Gasteiger partial charge in [0.25, 0.3) is 0 Å². The molecule has 0 aliphatic carbocycles. The van der Waals surface area contributed by atoms with Crippen LogP contribution in [0.5, 0.6) is 5.75 Å². The predicted molar refractivity (Wildman–Crippen MR) is 59.8 cm³/mol. The molecule has 0 bridgehead atoms. The summed E-state index contributed by atoms with van der Waals surface area (Å²) in [5.74, 6) is 0.314. The highest BCUT2D eigenvalue weighted by Gasteiger charge is 1.95. The number of benzene rings is 1. The minimum Gasteiger partial charge on any atom is -0.508 e. The van der Waals surface area contributed by atoms with Crippen LogP contribution in [0.4, 0.5) is 5.69 Å². The lowest BCUT2D eigenvalue weighted by atomic mass is 10.2. The van der Waals surface area contributed by atoms with Crippen LogP contribution in [0.3, 0.4) is 0 Å². The molecular weight excluding hydrogens is 194 g/mol. The summed E-state index contributed by atoms with van der Waals surface area (Å²) in [5, 5.41) is 16.6. The standard InChI is InChI=1S/C11H11NOS/c13-11-3-1-2-9(6-11)7-12-10-4-5-14-8-10/h1-6,8,12-13H,7H2. The van der Waals surface area contributed by atoms with Crippen molar-refractivity contribution in [2.45, 2.75) is 6.54 Å². The first-order chi connectivity index (χ1) is 6.84. The zero-order valence-electron chi connectivity index (χ0n) is 7.60. The molecular formula is C11H11NOS. The molecule has 0 aliphatic heterocycles. The Labute approximate surface area is 86.8 Å². The Hall–Kier alpha value is -1.48. The van der Waals surface area contributed by atoms with Crippen molar-refractivity contribution in [3.63, 3.8) is 0 Å². The van der Waals surface area contributed by atoms with Crippen LogP contribution in [-0.4, -0.2) is 5.11 Å². The summed E-state index contributed by atoms with van der Waals surface area (Å²) in [6.45, 7) is 0.741. The summed E-state index contributed by atoms with van der Waals surface area (Å²) in [6, 6.07) is 9.31. The second-order valence-electron chi connectivity index (χ2n) is 3.04. The number of phenols is 1. The molecule has 2 rings (SSSR count). The fourth-order valence-corrected chi connectivity index (χ4v) is 1.85. The highest BCUT2D eigenvalue weighted by atomic mass is 32.1. The number of thiophene rings is 1. The first kappa shape index (κ1) is 9.09. The Bertz CT molecular complexity index is 397. The Kier molecular flexibility index (Phi) is 2.70. The maximum absolute atomic E-state index is 9.24.